The van der Waals surface area contributed by atoms with Gasteiger partial charge in [-0.05, 0) is 37.1 Å². The minimum absolute atomic E-state index is 0.0974. The highest BCUT2D eigenvalue weighted by atomic mass is 32.2. The molecule has 1 aromatic carbocycles. The Labute approximate surface area is 148 Å². The molecular formula is C18H17N3O3S. The summed E-state index contributed by atoms with van der Waals surface area (Å²) in [4.78, 5) is 16.2. The lowest BCUT2D eigenvalue weighted by Crippen LogP contribution is -2.25. The molecule has 2 aromatic heterocycles. The van der Waals surface area contributed by atoms with E-state index in [1.807, 2.05) is 38.1 Å². The number of hydrogen-bond acceptors (Lipinski definition) is 6. The standard InChI is InChI=1S/C18H17N3O3S/c1-9-14(20-10(2)23-9)8-13-7-12-5-11(3-4-15(12)24-13)6-16-17(22)21-18(19)25-16/h3-5,7,16H,6,8H2,1-2H3,(H2,19,21,22). The fourth-order valence-corrected chi connectivity index (χ4v) is 3.91. The average Bonchev–Trinajstić information content (AvgIpc) is 3.17. The van der Waals surface area contributed by atoms with Crippen molar-refractivity contribution >= 4 is 33.8 Å². The first kappa shape index (κ1) is 16.0. The Morgan fingerprint density at radius 1 is 1.28 bits per heavy atom. The largest absolute Gasteiger partial charge is 0.461 e. The number of nitrogens with zero attached hydrogens (tertiary/aromatic N) is 1. The number of amidine groups is 1. The molecule has 1 fully saturated rings. The Morgan fingerprint density at radius 3 is 2.80 bits per heavy atom. The lowest BCUT2D eigenvalue weighted by atomic mass is 10.1. The summed E-state index contributed by atoms with van der Waals surface area (Å²) in [5.74, 6) is 2.20. The van der Waals surface area contributed by atoms with Crippen molar-refractivity contribution in [3.8, 4) is 0 Å². The summed E-state index contributed by atoms with van der Waals surface area (Å²) in [6.07, 6.45) is 1.18. The number of rotatable bonds is 4. The maximum atomic E-state index is 11.8. The van der Waals surface area contributed by atoms with Gasteiger partial charge in [-0.25, -0.2) is 4.98 Å². The molecule has 1 unspecified atom stereocenters. The van der Waals surface area contributed by atoms with E-state index < -0.39 is 0 Å². The molecule has 1 aliphatic heterocycles. The minimum atomic E-state index is -0.239. The van der Waals surface area contributed by atoms with Gasteiger partial charge in [-0.3, -0.25) is 10.2 Å². The second-order valence-electron chi connectivity index (χ2n) is 6.13. The molecule has 0 bridgehead atoms. The number of nitrogens with one attached hydrogen (secondary N) is 2. The zero-order valence-electron chi connectivity index (χ0n) is 13.9. The number of carbonyl (C=O) groups is 1. The lowest BCUT2D eigenvalue weighted by molar-refractivity contribution is -0.118. The molecule has 1 atom stereocenters. The molecule has 128 valence electrons. The molecule has 0 saturated carbocycles. The molecular weight excluding hydrogens is 338 g/mol. The van der Waals surface area contributed by atoms with E-state index >= 15 is 0 Å². The van der Waals surface area contributed by atoms with Crippen LogP contribution >= 0.6 is 11.8 Å². The van der Waals surface area contributed by atoms with E-state index in [2.05, 4.69) is 10.3 Å². The molecule has 0 radical (unpaired) electrons. The van der Waals surface area contributed by atoms with Gasteiger partial charge in [0, 0.05) is 12.3 Å². The van der Waals surface area contributed by atoms with E-state index in [9.17, 15) is 4.79 Å². The van der Waals surface area contributed by atoms with Gasteiger partial charge in [0.2, 0.25) is 5.91 Å². The molecule has 0 spiro atoms. The number of aryl methyl sites for hydroxylation is 2. The maximum Gasteiger partial charge on any atom is 0.239 e. The molecule has 3 aromatic rings. The van der Waals surface area contributed by atoms with Crippen molar-refractivity contribution in [1.29, 1.82) is 5.41 Å². The zero-order chi connectivity index (χ0) is 17.6. The smallest absolute Gasteiger partial charge is 0.239 e. The van der Waals surface area contributed by atoms with E-state index in [4.69, 9.17) is 14.2 Å². The van der Waals surface area contributed by atoms with Gasteiger partial charge in [0.25, 0.3) is 0 Å². The molecule has 1 aliphatic rings. The summed E-state index contributed by atoms with van der Waals surface area (Å²) < 4.78 is 11.4. The van der Waals surface area contributed by atoms with Gasteiger partial charge in [0.05, 0.1) is 17.4 Å². The van der Waals surface area contributed by atoms with E-state index in [1.165, 1.54) is 11.8 Å². The lowest BCUT2D eigenvalue weighted by Gasteiger charge is -2.05. The first-order valence-electron chi connectivity index (χ1n) is 7.98. The van der Waals surface area contributed by atoms with Gasteiger partial charge in [-0.1, -0.05) is 17.8 Å². The van der Waals surface area contributed by atoms with E-state index in [0.717, 1.165) is 33.7 Å². The van der Waals surface area contributed by atoms with Gasteiger partial charge >= 0.3 is 0 Å². The van der Waals surface area contributed by atoms with E-state index in [1.54, 1.807) is 0 Å². The van der Waals surface area contributed by atoms with Gasteiger partial charge in [-0.15, -0.1) is 0 Å². The van der Waals surface area contributed by atoms with Gasteiger partial charge in [-0.2, -0.15) is 0 Å². The van der Waals surface area contributed by atoms with E-state index in [0.29, 0.717) is 18.7 Å². The predicted octanol–water partition coefficient (Wildman–Crippen LogP) is 3.34. The third-order valence-corrected chi connectivity index (χ3v) is 5.19. The van der Waals surface area contributed by atoms with Crippen molar-refractivity contribution in [3.05, 3.63) is 52.9 Å². The van der Waals surface area contributed by atoms with Crippen molar-refractivity contribution < 1.29 is 13.6 Å². The van der Waals surface area contributed by atoms with Crippen molar-refractivity contribution in [2.75, 3.05) is 0 Å². The number of oxazole rings is 1. The fraction of sp³-hybridized carbons (Fsp3) is 0.278. The van der Waals surface area contributed by atoms with Gasteiger partial charge in [0.1, 0.15) is 17.1 Å². The SMILES string of the molecule is Cc1nc(Cc2cc3cc(CC4SC(=N)NC4=O)ccc3o2)c(C)o1. The summed E-state index contributed by atoms with van der Waals surface area (Å²) in [7, 11) is 0. The number of furan rings is 1. The quantitative estimate of drug-likeness (QED) is 0.749. The van der Waals surface area contributed by atoms with Crippen LogP contribution in [0.15, 0.2) is 33.1 Å². The van der Waals surface area contributed by atoms with Crippen molar-refractivity contribution in [3.63, 3.8) is 0 Å². The molecule has 1 saturated heterocycles. The average molecular weight is 355 g/mol. The number of fused-ring (bicyclic) bond motifs is 1. The zero-order valence-corrected chi connectivity index (χ0v) is 14.7. The second kappa shape index (κ2) is 6.07. The van der Waals surface area contributed by atoms with Crippen molar-refractivity contribution in [1.82, 2.24) is 10.3 Å². The topological polar surface area (TPSA) is 92.1 Å². The second-order valence-corrected chi connectivity index (χ2v) is 7.34. The molecule has 4 rings (SSSR count). The Hall–Kier alpha value is -2.54. The molecule has 2 N–H and O–H groups in total. The first-order chi connectivity index (χ1) is 12.0. The molecule has 3 heterocycles. The van der Waals surface area contributed by atoms with Gasteiger partial charge < -0.3 is 14.2 Å². The van der Waals surface area contributed by atoms with Crippen molar-refractivity contribution in [2.24, 2.45) is 0 Å². The molecule has 1 amide bonds. The Morgan fingerprint density at radius 2 is 2.12 bits per heavy atom. The van der Waals surface area contributed by atoms with E-state index in [-0.39, 0.29) is 16.3 Å². The number of benzene rings is 1. The minimum Gasteiger partial charge on any atom is -0.461 e. The molecule has 0 aliphatic carbocycles. The summed E-state index contributed by atoms with van der Waals surface area (Å²) in [5.41, 5.74) is 2.75. The predicted molar refractivity (Wildman–Crippen MR) is 95.9 cm³/mol. The van der Waals surface area contributed by atoms with Crippen LogP contribution in [0.4, 0.5) is 0 Å². The highest BCUT2D eigenvalue weighted by molar-refractivity contribution is 8.15. The number of carbonyl (C=O) groups excluding carboxylic acids is 1. The number of aromatic nitrogens is 1. The van der Waals surface area contributed by atoms with Crippen LogP contribution in [0, 0.1) is 19.3 Å². The van der Waals surface area contributed by atoms with Crippen LogP contribution in [0.1, 0.15) is 28.7 Å². The van der Waals surface area contributed by atoms with Crippen molar-refractivity contribution in [2.45, 2.75) is 31.9 Å². The Kier molecular flexibility index (Phi) is 3.88. The molecule has 25 heavy (non-hydrogen) atoms. The third kappa shape index (κ3) is 3.19. The Bertz CT molecular complexity index is 989. The van der Waals surface area contributed by atoms with Gasteiger partial charge in [0.15, 0.2) is 11.1 Å². The number of amides is 1. The summed E-state index contributed by atoms with van der Waals surface area (Å²) in [6, 6.07) is 7.94. The third-order valence-electron chi connectivity index (χ3n) is 4.18. The maximum absolute atomic E-state index is 11.8. The van der Waals surface area contributed by atoms with Crippen LogP contribution < -0.4 is 5.32 Å². The highest BCUT2D eigenvalue weighted by Crippen LogP contribution is 2.27. The summed E-state index contributed by atoms with van der Waals surface area (Å²) in [6.45, 7) is 3.73. The fourth-order valence-electron chi connectivity index (χ4n) is 3.03. The van der Waals surface area contributed by atoms with Crippen LogP contribution in [-0.2, 0) is 17.6 Å². The number of thioether (sulfide) groups is 1. The van der Waals surface area contributed by atoms with Crippen LogP contribution in [0.25, 0.3) is 11.0 Å². The molecule has 6 nitrogen and oxygen atoms in total. The summed E-state index contributed by atoms with van der Waals surface area (Å²) >= 11 is 1.27. The van der Waals surface area contributed by atoms with Crippen LogP contribution in [0.5, 0.6) is 0 Å². The number of hydrogen-bond donors (Lipinski definition) is 2. The Balaban J connectivity index is 1.56. The normalized spacial score (nSPS) is 17.4. The van der Waals surface area contributed by atoms with Crippen LogP contribution in [-0.4, -0.2) is 21.3 Å². The summed E-state index contributed by atoms with van der Waals surface area (Å²) in [5, 5.41) is 11.1. The van der Waals surface area contributed by atoms with Crippen LogP contribution in [0.3, 0.4) is 0 Å². The first-order valence-corrected chi connectivity index (χ1v) is 8.86. The molecule has 7 heteroatoms. The monoisotopic (exact) mass is 355 g/mol. The highest BCUT2D eigenvalue weighted by Gasteiger charge is 2.29. The van der Waals surface area contributed by atoms with Crippen LogP contribution in [0.2, 0.25) is 0 Å².